The largest absolute Gasteiger partial charge is 0.272 e. The molecule has 0 radical (unpaired) electrons. The smallest absolute Gasteiger partial charge is 0.263 e. The first kappa shape index (κ1) is 16.2. The Morgan fingerprint density at radius 1 is 1.00 bits per heavy atom. The third-order valence-electron chi connectivity index (χ3n) is 2.63. The van der Waals surface area contributed by atoms with E-state index in [-0.39, 0.29) is 5.91 Å². The fraction of sp³-hybridized carbons (Fsp3) is 0.786. The number of carbonyl (C=O) groups is 1. The molecule has 0 aromatic heterocycles. The van der Waals surface area contributed by atoms with Crippen molar-refractivity contribution in [3.05, 3.63) is 12.2 Å². The lowest BCUT2D eigenvalue weighted by Crippen LogP contribution is -2.48. The van der Waals surface area contributed by atoms with Crippen LogP contribution >= 0.6 is 0 Å². The average molecular weight is 240 g/mol. The predicted molar refractivity (Wildman–Crippen MR) is 73.6 cm³/mol. The normalized spacial score (nSPS) is 10.6. The van der Waals surface area contributed by atoms with Crippen LogP contribution in [0.2, 0.25) is 0 Å². The van der Waals surface area contributed by atoms with Crippen molar-refractivity contribution < 1.29 is 4.79 Å². The highest BCUT2D eigenvalue weighted by Gasteiger charge is 2.19. The van der Waals surface area contributed by atoms with E-state index in [0.717, 1.165) is 45.3 Å². The van der Waals surface area contributed by atoms with E-state index in [1.54, 1.807) is 6.92 Å². The molecule has 0 aliphatic carbocycles. The van der Waals surface area contributed by atoms with Gasteiger partial charge in [0.1, 0.15) is 0 Å². The van der Waals surface area contributed by atoms with Crippen LogP contribution in [0, 0.1) is 0 Å². The van der Waals surface area contributed by atoms with Crippen molar-refractivity contribution in [2.75, 3.05) is 19.6 Å². The van der Waals surface area contributed by atoms with Crippen LogP contribution in [-0.4, -0.2) is 35.6 Å². The molecule has 0 saturated carbocycles. The van der Waals surface area contributed by atoms with Crippen molar-refractivity contribution in [2.24, 2.45) is 0 Å². The number of nitrogens with zero attached hydrogens (tertiary/aromatic N) is 2. The quantitative estimate of drug-likeness (QED) is 0.456. The van der Waals surface area contributed by atoms with Gasteiger partial charge in [-0.3, -0.25) is 9.80 Å². The first-order chi connectivity index (χ1) is 8.08. The Labute approximate surface area is 106 Å². The summed E-state index contributed by atoms with van der Waals surface area (Å²) in [5, 5.41) is 4.06. The number of rotatable bonds is 9. The number of unbranched alkanes of at least 4 members (excludes halogenated alkanes) is 1. The molecule has 3 heteroatoms. The molecule has 100 valence electrons. The standard InChI is InChI=1S/C14H28N2O/c1-6-9-12-16(14(17)13(4)5)15(10-7-2)11-8-3/h4,6-12H2,1-3,5H3. The second-order valence-corrected chi connectivity index (χ2v) is 4.52. The molecule has 3 nitrogen and oxygen atoms in total. The van der Waals surface area contributed by atoms with Gasteiger partial charge >= 0.3 is 0 Å². The van der Waals surface area contributed by atoms with E-state index in [2.05, 4.69) is 32.4 Å². The lowest BCUT2D eigenvalue weighted by molar-refractivity contribution is -0.145. The molecule has 0 bridgehead atoms. The first-order valence-corrected chi connectivity index (χ1v) is 6.80. The zero-order chi connectivity index (χ0) is 13.3. The maximum atomic E-state index is 12.1. The van der Waals surface area contributed by atoms with Gasteiger partial charge in [-0.1, -0.05) is 33.8 Å². The highest BCUT2D eigenvalue weighted by Crippen LogP contribution is 2.08. The number of amides is 1. The van der Waals surface area contributed by atoms with E-state index in [1.165, 1.54) is 0 Å². The van der Waals surface area contributed by atoms with Gasteiger partial charge in [-0.05, 0) is 26.2 Å². The van der Waals surface area contributed by atoms with Crippen molar-refractivity contribution in [3.8, 4) is 0 Å². The lowest BCUT2D eigenvalue weighted by Gasteiger charge is -2.35. The number of hydrogen-bond acceptors (Lipinski definition) is 2. The third-order valence-corrected chi connectivity index (χ3v) is 2.63. The van der Waals surface area contributed by atoms with Crippen molar-refractivity contribution in [1.29, 1.82) is 0 Å². The van der Waals surface area contributed by atoms with Gasteiger partial charge in [0.25, 0.3) is 5.91 Å². The second kappa shape index (κ2) is 9.23. The van der Waals surface area contributed by atoms with E-state index < -0.39 is 0 Å². The molecule has 17 heavy (non-hydrogen) atoms. The minimum Gasteiger partial charge on any atom is -0.272 e. The number of carbonyl (C=O) groups excluding carboxylic acids is 1. The molecule has 0 atom stereocenters. The van der Waals surface area contributed by atoms with Crippen LogP contribution < -0.4 is 0 Å². The van der Waals surface area contributed by atoms with Crippen LogP contribution in [0.1, 0.15) is 53.4 Å². The molecule has 1 amide bonds. The molecule has 0 rings (SSSR count). The van der Waals surface area contributed by atoms with Gasteiger partial charge in [0.2, 0.25) is 0 Å². The summed E-state index contributed by atoms with van der Waals surface area (Å²) in [6, 6.07) is 0. The molecule has 0 saturated heterocycles. The Morgan fingerprint density at radius 3 is 1.88 bits per heavy atom. The van der Waals surface area contributed by atoms with Crippen molar-refractivity contribution in [3.63, 3.8) is 0 Å². The molecule has 0 unspecified atom stereocenters. The van der Waals surface area contributed by atoms with Gasteiger partial charge < -0.3 is 0 Å². The second-order valence-electron chi connectivity index (χ2n) is 4.52. The number of hydrazine groups is 1. The average Bonchev–Trinajstić information content (AvgIpc) is 2.29. The molecular weight excluding hydrogens is 212 g/mol. The zero-order valence-electron chi connectivity index (χ0n) is 12.0. The molecule has 0 fully saturated rings. The zero-order valence-corrected chi connectivity index (χ0v) is 12.0. The van der Waals surface area contributed by atoms with Crippen LogP contribution in [0.15, 0.2) is 12.2 Å². The van der Waals surface area contributed by atoms with Gasteiger partial charge in [0.05, 0.1) is 0 Å². The van der Waals surface area contributed by atoms with Crippen LogP contribution in [0.3, 0.4) is 0 Å². The topological polar surface area (TPSA) is 23.6 Å². The fourth-order valence-electron chi connectivity index (χ4n) is 1.77. The van der Waals surface area contributed by atoms with E-state index >= 15 is 0 Å². The Balaban J connectivity index is 4.70. The highest BCUT2D eigenvalue weighted by atomic mass is 16.2. The predicted octanol–water partition coefficient (Wildman–Crippen LogP) is 3.23. The van der Waals surface area contributed by atoms with E-state index in [0.29, 0.717) is 5.57 Å². The van der Waals surface area contributed by atoms with Crippen LogP contribution in [-0.2, 0) is 4.79 Å². The van der Waals surface area contributed by atoms with Gasteiger partial charge in [-0.25, -0.2) is 5.01 Å². The Hall–Kier alpha value is -0.830. The summed E-state index contributed by atoms with van der Waals surface area (Å²) in [6.07, 6.45) is 4.27. The van der Waals surface area contributed by atoms with E-state index in [9.17, 15) is 4.79 Å². The Bertz CT molecular complexity index is 232. The lowest BCUT2D eigenvalue weighted by atomic mass is 10.2. The minimum atomic E-state index is 0.0698. The van der Waals surface area contributed by atoms with Crippen LogP contribution in [0.5, 0.6) is 0 Å². The molecule has 0 spiro atoms. The Morgan fingerprint density at radius 2 is 1.53 bits per heavy atom. The highest BCUT2D eigenvalue weighted by molar-refractivity contribution is 5.91. The van der Waals surface area contributed by atoms with Gasteiger partial charge in [0.15, 0.2) is 0 Å². The SMILES string of the molecule is C=C(C)C(=O)N(CCCC)N(CCC)CCC. The molecule has 0 N–H and O–H groups in total. The first-order valence-electron chi connectivity index (χ1n) is 6.80. The summed E-state index contributed by atoms with van der Waals surface area (Å²) in [5.41, 5.74) is 0.623. The number of hydrogen-bond donors (Lipinski definition) is 0. The summed E-state index contributed by atoms with van der Waals surface area (Å²) in [6.45, 7) is 14.7. The van der Waals surface area contributed by atoms with Gasteiger partial charge in [-0.15, -0.1) is 0 Å². The summed E-state index contributed by atoms with van der Waals surface area (Å²) >= 11 is 0. The van der Waals surface area contributed by atoms with E-state index in [4.69, 9.17) is 0 Å². The van der Waals surface area contributed by atoms with Gasteiger partial charge in [-0.2, -0.15) is 0 Å². The molecule has 0 aromatic rings. The fourth-order valence-corrected chi connectivity index (χ4v) is 1.77. The van der Waals surface area contributed by atoms with Crippen LogP contribution in [0.4, 0.5) is 0 Å². The molecule has 0 aromatic carbocycles. The van der Waals surface area contributed by atoms with E-state index in [1.807, 2.05) is 5.01 Å². The van der Waals surface area contributed by atoms with Crippen molar-refractivity contribution in [1.82, 2.24) is 10.0 Å². The molecule has 0 aliphatic rings. The minimum absolute atomic E-state index is 0.0698. The van der Waals surface area contributed by atoms with Crippen LogP contribution in [0.25, 0.3) is 0 Å². The summed E-state index contributed by atoms with van der Waals surface area (Å²) < 4.78 is 0. The summed E-state index contributed by atoms with van der Waals surface area (Å²) in [5.74, 6) is 0.0698. The van der Waals surface area contributed by atoms with Crippen molar-refractivity contribution in [2.45, 2.75) is 53.4 Å². The third kappa shape index (κ3) is 5.87. The monoisotopic (exact) mass is 240 g/mol. The molecular formula is C14H28N2O. The maximum absolute atomic E-state index is 12.1. The molecule has 0 aliphatic heterocycles. The maximum Gasteiger partial charge on any atom is 0.263 e. The van der Waals surface area contributed by atoms with Gasteiger partial charge in [0, 0.05) is 25.2 Å². The van der Waals surface area contributed by atoms with Crippen molar-refractivity contribution >= 4 is 5.91 Å². The summed E-state index contributed by atoms with van der Waals surface area (Å²) in [7, 11) is 0. The Kier molecular flexibility index (Phi) is 8.78. The molecule has 0 heterocycles. The summed E-state index contributed by atoms with van der Waals surface area (Å²) in [4.78, 5) is 12.1.